The summed E-state index contributed by atoms with van der Waals surface area (Å²) in [6.07, 6.45) is 5.18. The van der Waals surface area contributed by atoms with Crippen LogP contribution in [0.5, 0.6) is 5.75 Å². The van der Waals surface area contributed by atoms with Gasteiger partial charge >= 0.3 is 5.97 Å². The Hall–Kier alpha value is -4.22. The van der Waals surface area contributed by atoms with Crippen LogP contribution >= 0.6 is 0 Å². The van der Waals surface area contributed by atoms with Crippen LogP contribution in [0.25, 0.3) is 0 Å². The summed E-state index contributed by atoms with van der Waals surface area (Å²) in [6.45, 7) is 6.06. The lowest BCUT2D eigenvalue weighted by molar-refractivity contribution is 0.0115. The number of hydrogen-bond acceptors (Lipinski definition) is 8. The Balaban J connectivity index is 1.16. The fourth-order valence-electron chi connectivity index (χ4n) is 5.36. The molecular weight excluding hydrogens is 548 g/mol. The zero-order valence-electron chi connectivity index (χ0n) is 23.7. The zero-order valence-corrected chi connectivity index (χ0v) is 23.7. The third-order valence-corrected chi connectivity index (χ3v) is 7.68. The number of aromatic carboxylic acids is 1. The minimum atomic E-state index is -3.35. The number of aromatic nitrogens is 2. The minimum Gasteiger partial charge on any atom is -0.493 e. The number of ether oxygens (including phenoxy) is 1. The normalized spacial score (nSPS) is 18.1. The molecule has 0 radical (unpaired) electrons. The van der Waals surface area contributed by atoms with Crippen LogP contribution in [0, 0.1) is 11.8 Å². The topological polar surface area (TPSA) is 121 Å². The number of anilines is 3. The molecule has 1 unspecified atom stereocenters. The standard InChI is InChI=1S/C30H35F2N5O5/c1-19-5-4-12-37(17-19)29-35-26(30(2,31)32)25(42-29)27(38)34-22-8-9-24(33-16-22)36-13-10-20(11-14-36)18-41-23-7-3-6-21(15-23)28(39)40/h3,6-9,15-16,19-20H,4-5,10-14,17-18H2,1-2H3,(H,34,38)(H,39,40). The number of amides is 1. The van der Waals surface area contributed by atoms with Gasteiger partial charge in [0, 0.05) is 33.1 Å². The number of pyridine rings is 1. The second-order valence-electron chi connectivity index (χ2n) is 11.2. The highest BCUT2D eigenvalue weighted by atomic mass is 19.3. The Labute approximate surface area is 242 Å². The molecule has 0 spiro atoms. The number of alkyl halides is 2. The van der Waals surface area contributed by atoms with E-state index in [0.29, 0.717) is 49.9 Å². The maximum absolute atomic E-state index is 14.4. The fourth-order valence-corrected chi connectivity index (χ4v) is 5.36. The molecule has 1 amide bonds. The summed E-state index contributed by atoms with van der Waals surface area (Å²) in [5.41, 5.74) is -0.140. The van der Waals surface area contributed by atoms with Crippen LogP contribution in [0.1, 0.15) is 66.1 Å². The smallest absolute Gasteiger partial charge is 0.335 e. The van der Waals surface area contributed by atoms with E-state index in [1.165, 1.54) is 18.3 Å². The number of nitrogens with one attached hydrogen (secondary N) is 1. The molecular formula is C30H35F2N5O5. The molecule has 1 aromatic carbocycles. The number of halogens is 2. The third kappa shape index (κ3) is 6.97. The number of rotatable bonds is 9. The molecule has 3 aromatic rings. The van der Waals surface area contributed by atoms with Crippen molar-refractivity contribution in [3.63, 3.8) is 0 Å². The molecule has 2 N–H and O–H groups in total. The molecule has 0 bridgehead atoms. The molecule has 224 valence electrons. The van der Waals surface area contributed by atoms with Gasteiger partial charge in [0.1, 0.15) is 11.6 Å². The summed E-state index contributed by atoms with van der Waals surface area (Å²) in [5.74, 6) is -3.68. The first-order valence-corrected chi connectivity index (χ1v) is 14.2. The molecule has 1 atom stereocenters. The lowest BCUT2D eigenvalue weighted by Crippen LogP contribution is -2.36. The molecule has 2 saturated heterocycles. The highest BCUT2D eigenvalue weighted by Gasteiger charge is 2.38. The van der Waals surface area contributed by atoms with Crippen molar-refractivity contribution in [3.8, 4) is 5.75 Å². The van der Waals surface area contributed by atoms with Crippen LogP contribution in [-0.4, -0.2) is 59.7 Å². The van der Waals surface area contributed by atoms with Crippen molar-refractivity contribution in [3.05, 3.63) is 59.6 Å². The Morgan fingerprint density at radius 3 is 2.60 bits per heavy atom. The molecule has 5 rings (SSSR count). The monoisotopic (exact) mass is 583 g/mol. The van der Waals surface area contributed by atoms with Crippen LogP contribution in [0.2, 0.25) is 0 Å². The van der Waals surface area contributed by atoms with Crippen molar-refractivity contribution in [1.82, 2.24) is 9.97 Å². The summed E-state index contributed by atoms with van der Waals surface area (Å²) in [7, 11) is 0. The van der Waals surface area contributed by atoms with Gasteiger partial charge < -0.3 is 29.4 Å². The van der Waals surface area contributed by atoms with E-state index < -0.39 is 29.3 Å². The van der Waals surface area contributed by atoms with Gasteiger partial charge in [-0.1, -0.05) is 13.0 Å². The van der Waals surface area contributed by atoms with Gasteiger partial charge in [-0.15, -0.1) is 0 Å². The van der Waals surface area contributed by atoms with Gasteiger partial charge in [0.25, 0.3) is 17.8 Å². The quantitative estimate of drug-likeness (QED) is 0.329. The summed E-state index contributed by atoms with van der Waals surface area (Å²) < 4.78 is 40.2. The van der Waals surface area contributed by atoms with Crippen molar-refractivity contribution in [2.45, 2.75) is 45.5 Å². The van der Waals surface area contributed by atoms with Gasteiger partial charge in [0.2, 0.25) is 5.76 Å². The molecule has 12 heteroatoms. The predicted octanol–water partition coefficient (Wildman–Crippen LogP) is 5.66. The molecule has 42 heavy (non-hydrogen) atoms. The SMILES string of the molecule is CC1CCCN(c2nc(C(C)(F)F)c(C(=O)Nc3ccc(N4CCC(COc5cccc(C(=O)O)c5)CC4)nc3)o2)C1. The van der Waals surface area contributed by atoms with Crippen LogP contribution in [0.15, 0.2) is 47.0 Å². The number of carbonyl (C=O) groups excluding carboxylic acids is 1. The molecule has 2 aromatic heterocycles. The van der Waals surface area contributed by atoms with E-state index in [0.717, 1.165) is 44.6 Å². The average molecular weight is 584 g/mol. The second-order valence-corrected chi connectivity index (χ2v) is 11.2. The highest BCUT2D eigenvalue weighted by molar-refractivity contribution is 6.03. The first kappa shape index (κ1) is 29.3. The number of carbonyl (C=O) groups is 2. The fraction of sp³-hybridized carbons (Fsp3) is 0.467. The van der Waals surface area contributed by atoms with E-state index in [1.807, 2.05) is 4.90 Å². The molecule has 2 fully saturated rings. The van der Waals surface area contributed by atoms with Gasteiger partial charge in [-0.3, -0.25) is 4.79 Å². The van der Waals surface area contributed by atoms with Crippen molar-refractivity contribution in [2.24, 2.45) is 11.8 Å². The number of piperidine rings is 2. The van der Waals surface area contributed by atoms with Crippen molar-refractivity contribution in [1.29, 1.82) is 0 Å². The molecule has 0 aliphatic carbocycles. The third-order valence-electron chi connectivity index (χ3n) is 7.68. The lowest BCUT2D eigenvalue weighted by atomic mass is 9.98. The molecule has 2 aliphatic heterocycles. The van der Waals surface area contributed by atoms with Crippen molar-refractivity contribution < 1.29 is 32.6 Å². The van der Waals surface area contributed by atoms with Gasteiger partial charge in [-0.25, -0.2) is 9.78 Å². The second kappa shape index (κ2) is 12.3. The summed E-state index contributed by atoms with van der Waals surface area (Å²) >= 11 is 0. The van der Waals surface area contributed by atoms with E-state index in [2.05, 4.69) is 27.1 Å². The first-order chi connectivity index (χ1) is 20.1. The van der Waals surface area contributed by atoms with Gasteiger partial charge in [-0.05, 0) is 67.9 Å². The van der Waals surface area contributed by atoms with E-state index in [4.69, 9.17) is 14.3 Å². The Morgan fingerprint density at radius 1 is 1.14 bits per heavy atom. The lowest BCUT2D eigenvalue weighted by Gasteiger charge is -2.32. The largest absolute Gasteiger partial charge is 0.493 e. The minimum absolute atomic E-state index is 0.0410. The number of carboxylic acid groups (broad SMARTS) is 1. The van der Waals surface area contributed by atoms with Crippen LogP contribution < -0.4 is 19.9 Å². The maximum Gasteiger partial charge on any atom is 0.335 e. The Bertz CT molecular complexity index is 1400. The molecule has 2 aliphatic rings. The molecule has 0 saturated carbocycles. The van der Waals surface area contributed by atoms with E-state index in [9.17, 15) is 18.4 Å². The predicted molar refractivity (Wildman–Crippen MR) is 153 cm³/mol. The summed E-state index contributed by atoms with van der Waals surface area (Å²) in [4.78, 5) is 36.6. The average Bonchev–Trinajstić information content (AvgIpc) is 3.44. The molecule has 10 nitrogen and oxygen atoms in total. The zero-order chi connectivity index (χ0) is 29.9. The number of carboxylic acids is 1. The van der Waals surface area contributed by atoms with Gasteiger partial charge in [-0.2, -0.15) is 13.8 Å². The van der Waals surface area contributed by atoms with E-state index in [-0.39, 0.29) is 11.6 Å². The first-order valence-electron chi connectivity index (χ1n) is 14.2. The number of nitrogens with zero attached hydrogens (tertiary/aromatic N) is 4. The number of benzene rings is 1. The van der Waals surface area contributed by atoms with Crippen molar-refractivity contribution in [2.75, 3.05) is 47.9 Å². The Morgan fingerprint density at radius 2 is 1.93 bits per heavy atom. The number of oxazole rings is 1. The van der Waals surface area contributed by atoms with E-state index >= 15 is 0 Å². The maximum atomic E-state index is 14.4. The Kier molecular flexibility index (Phi) is 8.60. The van der Waals surface area contributed by atoms with Crippen LogP contribution in [0.4, 0.5) is 26.3 Å². The van der Waals surface area contributed by atoms with Crippen molar-refractivity contribution >= 4 is 29.4 Å². The highest BCUT2D eigenvalue weighted by Crippen LogP contribution is 2.34. The molecule has 4 heterocycles. The van der Waals surface area contributed by atoms with Crippen LogP contribution in [0.3, 0.4) is 0 Å². The van der Waals surface area contributed by atoms with Gasteiger partial charge in [0.05, 0.1) is 24.1 Å². The van der Waals surface area contributed by atoms with Gasteiger partial charge in [0.15, 0.2) is 5.69 Å². The van der Waals surface area contributed by atoms with Crippen LogP contribution in [-0.2, 0) is 5.92 Å². The summed E-state index contributed by atoms with van der Waals surface area (Å²) in [6, 6.07) is 9.95. The number of hydrogen-bond donors (Lipinski definition) is 2. The van der Waals surface area contributed by atoms with E-state index in [1.54, 1.807) is 24.3 Å². The summed E-state index contributed by atoms with van der Waals surface area (Å²) in [5, 5.41) is 11.8.